The molecule has 9 aromatic carbocycles. The van der Waals surface area contributed by atoms with E-state index >= 15 is 0 Å². The molecular formula is C73H58Cl7N15O11. The lowest BCUT2D eigenvalue weighted by atomic mass is 10.1. The minimum Gasteiger partial charge on any atom is -0.495 e. The number of fused-ring (bicyclic) bond motifs is 3. The summed E-state index contributed by atoms with van der Waals surface area (Å²) < 4.78 is 33.0. The van der Waals surface area contributed by atoms with E-state index in [0.717, 1.165) is 32.3 Å². The van der Waals surface area contributed by atoms with E-state index in [9.17, 15) is 25.0 Å². The van der Waals surface area contributed by atoms with Crippen LogP contribution in [0.15, 0.2) is 219 Å². The maximum atomic E-state index is 12.2. The Morgan fingerprint density at radius 1 is 0.472 bits per heavy atom. The number of nitro benzene ring substituents is 2. The normalized spacial score (nSPS) is 10.6. The van der Waals surface area contributed by atoms with E-state index in [1.807, 2.05) is 146 Å². The van der Waals surface area contributed by atoms with Crippen molar-refractivity contribution in [2.45, 2.75) is 0 Å². The third kappa shape index (κ3) is 22.9. The first-order chi connectivity index (χ1) is 51.0. The number of carbonyl (C=O) groups is 1. The van der Waals surface area contributed by atoms with E-state index in [1.54, 1.807) is 31.4 Å². The summed E-state index contributed by atoms with van der Waals surface area (Å²) in [6.45, 7) is 0.667. The van der Waals surface area contributed by atoms with Gasteiger partial charge in [0.05, 0.1) is 78.0 Å². The highest BCUT2D eigenvalue weighted by Gasteiger charge is 2.17. The molecule has 0 aliphatic rings. The molecule has 0 atom stereocenters. The number of aromatic nitrogens is 8. The summed E-state index contributed by atoms with van der Waals surface area (Å²) in [4.78, 5) is 66.5. The number of non-ortho nitro benzene ring substituents is 2. The van der Waals surface area contributed by atoms with E-state index < -0.39 is 9.85 Å². The number of methoxy groups -OCH3 is 3. The van der Waals surface area contributed by atoms with Crippen molar-refractivity contribution < 1.29 is 43.1 Å². The Morgan fingerprint density at radius 3 is 1.29 bits per heavy atom. The van der Waals surface area contributed by atoms with E-state index in [4.69, 9.17) is 115 Å². The number of nitrogen functional groups attached to an aromatic ring is 1. The van der Waals surface area contributed by atoms with Gasteiger partial charge in [-0.15, -0.1) is 0 Å². The molecule has 0 fully saturated rings. The van der Waals surface area contributed by atoms with Gasteiger partial charge in [0.2, 0.25) is 46.0 Å². The van der Waals surface area contributed by atoms with Crippen molar-refractivity contribution in [3.63, 3.8) is 0 Å². The number of likely N-dealkylation sites (N-methyl/N-ethyl adjacent to an activating group) is 1. The molecule has 0 aliphatic heterocycles. The summed E-state index contributed by atoms with van der Waals surface area (Å²) in [5.41, 5.74) is 7.06. The Hall–Kier alpha value is -11.7. The van der Waals surface area contributed by atoms with Crippen molar-refractivity contribution in [2.75, 3.05) is 63.7 Å². The molecule has 0 spiro atoms. The summed E-state index contributed by atoms with van der Waals surface area (Å²) in [5.74, 6) is 3.97. The summed E-state index contributed by atoms with van der Waals surface area (Å²) in [6, 6.07) is 54.5. The second kappa shape index (κ2) is 38.2. The van der Waals surface area contributed by atoms with Crippen LogP contribution in [0.25, 0.3) is 32.3 Å². The molecule has 4 heterocycles. The van der Waals surface area contributed by atoms with Crippen LogP contribution in [0.5, 0.6) is 52.1 Å². The van der Waals surface area contributed by atoms with Gasteiger partial charge in [-0.05, 0) is 136 Å². The van der Waals surface area contributed by atoms with Crippen molar-refractivity contribution >= 4 is 165 Å². The van der Waals surface area contributed by atoms with Crippen LogP contribution in [-0.2, 0) is 4.79 Å². The van der Waals surface area contributed by atoms with Gasteiger partial charge in [-0.2, -0.15) is 15.0 Å². The molecule has 540 valence electrons. The number of nitrogens with zero attached hydrogens (tertiary/aromatic N) is 11. The average molecular weight is 1570 g/mol. The van der Waals surface area contributed by atoms with Crippen molar-refractivity contribution in [2.24, 2.45) is 0 Å². The smallest absolute Gasteiger partial charge is 0.271 e. The van der Waals surface area contributed by atoms with Crippen LogP contribution in [-0.4, -0.2) is 102 Å². The monoisotopic (exact) mass is 1570 g/mol. The van der Waals surface area contributed by atoms with Crippen molar-refractivity contribution in [1.82, 2.24) is 44.8 Å². The summed E-state index contributed by atoms with van der Waals surface area (Å²) in [7, 11) is 8.34. The van der Waals surface area contributed by atoms with Gasteiger partial charge in [-0.1, -0.05) is 155 Å². The number of nitrogens with one attached hydrogen (secondary N) is 3. The zero-order valence-electron chi connectivity index (χ0n) is 56.1. The number of ether oxygens (including phenoxy) is 6. The third-order valence-electron chi connectivity index (χ3n) is 14.1. The van der Waals surface area contributed by atoms with Crippen LogP contribution in [0.4, 0.5) is 46.0 Å². The van der Waals surface area contributed by atoms with Gasteiger partial charge < -0.3 is 55.0 Å². The van der Waals surface area contributed by atoms with Gasteiger partial charge in [0.1, 0.15) is 49.6 Å². The van der Waals surface area contributed by atoms with E-state index in [1.165, 1.54) is 81.5 Å². The summed E-state index contributed by atoms with van der Waals surface area (Å²) in [5, 5.41) is 38.1. The van der Waals surface area contributed by atoms with E-state index in [-0.39, 0.29) is 78.3 Å². The lowest BCUT2D eigenvalue weighted by Crippen LogP contribution is -2.13. The lowest BCUT2D eigenvalue weighted by molar-refractivity contribution is -0.385. The fourth-order valence-corrected chi connectivity index (χ4v) is 10.1. The van der Waals surface area contributed by atoms with Crippen molar-refractivity contribution in [1.29, 1.82) is 0 Å². The molecule has 0 bridgehead atoms. The Labute approximate surface area is 639 Å². The number of nitrogens with two attached hydrogens (primary N) is 1. The van der Waals surface area contributed by atoms with Crippen LogP contribution in [0.1, 0.15) is 0 Å². The number of anilines is 6. The third-order valence-corrected chi connectivity index (χ3v) is 15.9. The van der Waals surface area contributed by atoms with Gasteiger partial charge in [-0.25, -0.2) is 24.9 Å². The minimum atomic E-state index is -0.504. The topological polar surface area (TPSA) is 327 Å². The molecule has 4 aromatic heterocycles. The zero-order chi connectivity index (χ0) is 75.8. The first-order valence-electron chi connectivity index (χ1n) is 30.8. The number of benzene rings is 9. The Morgan fingerprint density at radius 2 is 0.868 bits per heavy atom. The molecule has 1 amide bonds. The quantitative estimate of drug-likeness (QED) is 0.0146. The molecule has 13 rings (SSSR count). The number of nitro groups is 2. The molecule has 0 radical (unpaired) electrons. The number of halogens is 7. The highest BCUT2D eigenvalue weighted by atomic mass is 35.5. The molecular weight excluding hydrogens is 1510 g/mol. The average Bonchev–Trinajstić information content (AvgIpc) is 0.830. The number of rotatable bonds is 19. The molecule has 0 unspecified atom stereocenters. The number of amides is 1. The Bertz CT molecular complexity index is 5330. The fourth-order valence-electron chi connectivity index (χ4n) is 9.14. The zero-order valence-corrected chi connectivity index (χ0v) is 61.4. The van der Waals surface area contributed by atoms with Crippen LogP contribution >= 0.6 is 81.2 Å². The van der Waals surface area contributed by atoms with Gasteiger partial charge in [-0.3, -0.25) is 25.0 Å². The highest BCUT2D eigenvalue weighted by Crippen LogP contribution is 2.37. The molecule has 5 N–H and O–H groups in total. The Balaban J connectivity index is 0.000000166. The van der Waals surface area contributed by atoms with Gasteiger partial charge >= 0.3 is 0 Å². The summed E-state index contributed by atoms with van der Waals surface area (Å²) in [6.07, 6.45) is 8.89. The molecule has 33 heteroatoms. The predicted octanol–water partition coefficient (Wildman–Crippen LogP) is 20.0. The molecule has 13 aromatic rings. The number of hydrogen-bond donors (Lipinski definition) is 4. The second-order valence-electron chi connectivity index (χ2n) is 21.7. The van der Waals surface area contributed by atoms with Crippen LogP contribution < -0.4 is 50.1 Å². The lowest BCUT2D eigenvalue weighted by Gasteiger charge is -2.13. The molecule has 0 saturated carbocycles. The van der Waals surface area contributed by atoms with Gasteiger partial charge in [0.25, 0.3) is 11.4 Å². The van der Waals surface area contributed by atoms with E-state index in [2.05, 4.69) is 55.8 Å². The van der Waals surface area contributed by atoms with E-state index in [0.29, 0.717) is 68.1 Å². The first kappa shape index (κ1) is 78.4. The Kier molecular flexibility index (Phi) is 28.2. The maximum Gasteiger partial charge on any atom is 0.271 e. The highest BCUT2D eigenvalue weighted by molar-refractivity contribution is 6.41. The second-order valence-corrected chi connectivity index (χ2v) is 24.4. The van der Waals surface area contributed by atoms with Crippen LogP contribution in [0.2, 0.25) is 35.8 Å². The number of carbonyl (C=O) groups excluding carboxylic acids is 1. The van der Waals surface area contributed by atoms with Crippen LogP contribution in [0, 0.1) is 20.2 Å². The van der Waals surface area contributed by atoms with Crippen molar-refractivity contribution in [3.05, 3.63) is 275 Å². The largest absolute Gasteiger partial charge is 0.495 e. The minimum absolute atomic E-state index is 0.0340. The van der Waals surface area contributed by atoms with Gasteiger partial charge in [0.15, 0.2) is 5.15 Å². The molecule has 26 nitrogen and oxygen atoms in total. The maximum absolute atomic E-state index is 12.2. The first-order valence-corrected chi connectivity index (χ1v) is 33.5. The predicted molar refractivity (Wildman–Crippen MR) is 415 cm³/mol. The SMILES string of the molecule is COc1ccc(NC(=O)/C=C/CN(C)C)cc1Nc1ncc(Cl)c(Oc2ccc3ccccc3c2)n1.COc1ccc([N+](=O)[O-])cc1N.COc1ccc([N+](=O)[O-])cc1Nc1ncc(Cl)c(Oc2ccc3ccccc3c2)n1.Clc1ncc(Cl)c(Cl)n1.Clc1ncc(Cl)c(Oc2ccc3ccccc3c2)n1. The van der Waals surface area contributed by atoms with Gasteiger partial charge in [0, 0.05) is 42.6 Å². The molecule has 0 saturated heterocycles. The summed E-state index contributed by atoms with van der Waals surface area (Å²) >= 11 is 40.4. The fraction of sp³-hybridized carbons (Fsp3) is 0.0822. The molecule has 0 aliphatic carbocycles. The molecule has 106 heavy (non-hydrogen) atoms. The standard InChI is InChI=1S/C27H26ClN5O3.C21H15ClN4O4.C14H8Cl2N2O.C7H8N2O3.C4HCl3N2/c1-33(2)14-6-9-25(34)30-20-11-13-24(35-3)23(16-20)31-27-29-17-22(28)26(32-27)36-21-12-10-18-7-4-5-8-19(18)15-21;1-29-19-9-7-15(26(27)28)11-18(19)24-21-23-12-17(22)20(25-21)30-16-8-6-13-4-2-3-5-14(13)10-16;15-12-8-17-14(16)18-13(12)19-11-6-5-9-3-1-2-4-10(9)7-11;1-12-7-3-2-5(9(10)11)4-6(7)8;5-2-1-8-4(7)9-3(2)6/h4-13,15-17H,14H2,1-3H3,(H,30,34)(H,29,31,32);2-12H,1H3,(H,23,24,25);1-8H;2-4H,8H2,1H3;1H/b9-6+;;;;. The number of hydrogen-bond acceptors (Lipinski definition) is 23. The van der Waals surface area contributed by atoms with Crippen LogP contribution in [0.3, 0.4) is 0 Å². The van der Waals surface area contributed by atoms with Crippen molar-refractivity contribution in [3.8, 4) is 52.1 Å².